The summed E-state index contributed by atoms with van der Waals surface area (Å²) >= 11 is 0. The van der Waals surface area contributed by atoms with Crippen LogP contribution in [0.15, 0.2) is 37.0 Å². The molecular weight excluding hydrogens is 136 g/mol. The van der Waals surface area contributed by atoms with E-state index in [2.05, 4.69) is 20.1 Å². The minimum atomic E-state index is 0.642. The van der Waals surface area contributed by atoms with Gasteiger partial charge in [0.05, 0.1) is 6.61 Å². The number of hydrogen-bond acceptors (Lipinski definition) is 1. The van der Waals surface area contributed by atoms with Crippen molar-refractivity contribution in [3.8, 4) is 0 Å². The highest BCUT2D eigenvalue weighted by Crippen LogP contribution is 1.97. The van der Waals surface area contributed by atoms with Gasteiger partial charge in [-0.05, 0) is 12.0 Å². The summed E-state index contributed by atoms with van der Waals surface area (Å²) in [7, 11) is 0. The van der Waals surface area contributed by atoms with E-state index in [1.54, 1.807) is 12.2 Å². The summed E-state index contributed by atoms with van der Waals surface area (Å²) in [6.45, 7) is 10.8. The summed E-state index contributed by atoms with van der Waals surface area (Å²) in [4.78, 5) is 0. The Morgan fingerprint density at radius 1 is 1.45 bits per heavy atom. The van der Waals surface area contributed by atoms with Gasteiger partial charge in [0, 0.05) is 6.61 Å². The standard InChI is InChI=1S/C10H16O/c1-4-7-10(6-3)9-11-8-5-2/h4,6-7H,1,3,5,8-9H2,2H3/b10-7+. The molecule has 0 saturated carbocycles. The van der Waals surface area contributed by atoms with E-state index in [4.69, 9.17) is 4.74 Å². The van der Waals surface area contributed by atoms with Gasteiger partial charge >= 0.3 is 0 Å². The molecule has 62 valence electrons. The maximum atomic E-state index is 5.30. The lowest BCUT2D eigenvalue weighted by atomic mass is 10.2. The van der Waals surface area contributed by atoms with Gasteiger partial charge in [0.15, 0.2) is 0 Å². The van der Waals surface area contributed by atoms with Crippen LogP contribution in [0.2, 0.25) is 0 Å². The van der Waals surface area contributed by atoms with Gasteiger partial charge < -0.3 is 4.74 Å². The third kappa shape index (κ3) is 5.62. The smallest absolute Gasteiger partial charge is 0.0716 e. The van der Waals surface area contributed by atoms with Gasteiger partial charge in [-0.1, -0.05) is 38.3 Å². The van der Waals surface area contributed by atoms with Crippen LogP contribution in [-0.2, 0) is 4.74 Å². The van der Waals surface area contributed by atoms with E-state index in [1.807, 2.05) is 6.08 Å². The SMILES string of the molecule is C=C/C=C(\C=C)COCCC. The number of allylic oxidation sites excluding steroid dienone is 2. The molecule has 0 radical (unpaired) electrons. The Balaban J connectivity index is 3.60. The van der Waals surface area contributed by atoms with Gasteiger partial charge in [0.2, 0.25) is 0 Å². The summed E-state index contributed by atoms with van der Waals surface area (Å²) in [6.07, 6.45) is 6.49. The Labute approximate surface area is 69.1 Å². The van der Waals surface area contributed by atoms with Crippen molar-refractivity contribution in [3.05, 3.63) is 37.0 Å². The molecule has 0 rings (SSSR count). The first-order valence-corrected chi connectivity index (χ1v) is 3.87. The average molecular weight is 152 g/mol. The maximum absolute atomic E-state index is 5.30. The van der Waals surface area contributed by atoms with Crippen molar-refractivity contribution in [3.63, 3.8) is 0 Å². The minimum absolute atomic E-state index is 0.642. The predicted molar refractivity (Wildman–Crippen MR) is 49.6 cm³/mol. The molecule has 0 unspecified atom stereocenters. The van der Waals surface area contributed by atoms with E-state index < -0.39 is 0 Å². The first-order valence-electron chi connectivity index (χ1n) is 3.87. The molecule has 11 heavy (non-hydrogen) atoms. The molecule has 0 fully saturated rings. The summed E-state index contributed by atoms with van der Waals surface area (Å²) in [5.74, 6) is 0. The quantitative estimate of drug-likeness (QED) is 0.420. The molecule has 0 spiro atoms. The van der Waals surface area contributed by atoms with Crippen molar-refractivity contribution < 1.29 is 4.74 Å². The molecule has 0 aliphatic heterocycles. The summed E-state index contributed by atoms with van der Waals surface area (Å²) in [5.41, 5.74) is 1.08. The largest absolute Gasteiger partial charge is 0.377 e. The molecule has 0 aromatic heterocycles. The number of hydrogen-bond donors (Lipinski definition) is 0. The van der Waals surface area contributed by atoms with Crippen molar-refractivity contribution in [2.24, 2.45) is 0 Å². The van der Waals surface area contributed by atoms with Gasteiger partial charge in [0.25, 0.3) is 0 Å². The van der Waals surface area contributed by atoms with Crippen LogP contribution in [0.3, 0.4) is 0 Å². The monoisotopic (exact) mass is 152 g/mol. The van der Waals surface area contributed by atoms with Gasteiger partial charge in [-0.25, -0.2) is 0 Å². The normalized spacial score (nSPS) is 11.2. The Bertz CT molecular complexity index is 145. The van der Waals surface area contributed by atoms with Crippen molar-refractivity contribution in [2.45, 2.75) is 13.3 Å². The Hall–Kier alpha value is -0.820. The molecule has 0 heterocycles. The van der Waals surface area contributed by atoms with Gasteiger partial charge in [-0.3, -0.25) is 0 Å². The van der Waals surface area contributed by atoms with E-state index in [0.717, 1.165) is 18.6 Å². The zero-order valence-corrected chi connectivity index (χ0v) is 7.18. The second-order valence-electron chi connectivity index (χ2n) is 2.23. The summed E-state index contributed by atoms with van der Waals surface area (Å²) in [6, 6.07) is 0. The first-order chi connectivity index (χ1) is 5.35. The van der Waals surface area contributed by atoms with E-state index >= 15 is 0 Å². The van der Waals surface area contributed by atoms with E-state index in [-0.39, 0.29) is 0 Å². The molecular formula is C10H16O. The van der Waals surface area contributed by atoms with Crippen molar-refractivity contribution in [1.82, 2.24) is 0 Å². The van der Waals surface area contributed by atoms with Crippen molar-refractivity contribution in [1.29, 1.82) is 0 Å². The zero-order valence-electron chi connectivity index (χ0n) is 7.18. The second kappa shape index (κ2) is 7.29. The van der Waals surface area contributed by atoms with Gasteiger partial charge in [-0.15, -0.1) is 0 Å². The number of rotatable bonds is 6. The highest BCUT2D eigenvalue weighted by Gasteiger charge is 1.88. The highest BCUT2D eigenvalue weighted by atomic mass is 16.5. The van der Waals surface area contributed by atoms with Crippen LogP contribution >= 0.6 is 0 Å². The number of ether oxygens (including phenoxy) is 1. The van der Waals surface area contributed by atoms with Crippen LogP contribution in [-0.4, -0.2) is 13.2 Å². The van der Waals surface area contributed by atoms with E-state index in [0.29, 0.717) is 6.61 Å². The first kappa shape index (κ1) is 10.2. The molecule has 0 aliphatic carbocycles. The third-order valence-electron chi connectivity index (χ3n) is 1.21. The molecule has 1 nitrogen and oxygen atoms in total. The lowest BCUT2D eigenvalue weighted by molar-refractivity contribution is 0.158. The lowest BCUT2D eigenvalue weighted by Crippen LogP contribution is -1.96. The Morgan fingerprint density at radius 3 is 2.64 bits per heavy atom. The summed E-state index contributed by atoms with van der Waals surface area (Å²) < 4.78 is 5.30. The van der Waals surface area contributed by atoms with Crippen molar-refractivity contribution in [2.75, 3.05) is 13.2 Å². The molecule has 0 aromatic carbocycles. The van der Waals surface area contributed by atoms with Crippen LogP contribution in [0, 0.1) is 0 Å². The van der Waals surface area contributed by atoms with Crippen molar-refractivity contribution >= 4 is 0 Å². The Morgan fingerprint density at radius 2 is 2.18 bits per heavy atom. The highest BCUT2D eigenvalue weighted by molar-refractivity contribution is 5.21. The van der Waals surface area contributed by atoms with Gasteiger partial charge in [-0.2, -0.15) is 0 Å². The molecule has 0 aliphatic rings. The second-order valence-corrected chi connectivity index (χ2v) is 2.23. The van der Waals surface area contributed by atoms with E-state index in [1.165, 1.54) is 0 Å². The molecule has 0 amide bonds. The van der Waals surface area contributed by atoms with Gasteiger partial charge in [0.1, 0.15) is 0 Å². The van der Waals surface area contributed by atoms with Crippen LogP contribution in [0.4, 0.5) is 0 Å². The fourth-order valence-corrected chi connectivity index (χ4v) is 0.661. The molecule has 0 bridgehead atoms. The summed E-state index contributed by atoms with van der Waals surface area (Å²) in [5, 5.41) is 0. The van der Waals surface area contributed by atoms with Crippen LogP contribution in [0.5, 0.6) is 0 Å². The Kier molecular flexibility index (Phi) is 6.75. The fraction of sp³-hybridized carbons (Fsp3) is 0.400. The molecule has 0 atom stereocenters. The lowest BCUT2D eigenvalue weighted by Gasteiger charge is -2.01. The molecule has 1 heteroatoms. The third-order valence-corrected chi connectivity index (χ3v) is 1.21. The zero-order chi connectivity index (χ0) is 8.53. The molecule has 0 aromatic rings. The molecule has 0 N–H and O–H groups in total. The predicted octanol–water partition coefficient (Wildman–Crippen LogP) is 2.71. The van der Waals surface area contributed by atoms with E-state index in [9.17, 15) is 0 Å². The fourth-order valence-electron chi connectivity index (χ4n) is 0.661. The van der Waals surface area contributed by atoms with Crippen LogP contribution in [0.25, 0.3) is 0 Å². The molecule has 0 saturated heterocycles. The average Bonchev–Trinajstić information content (AvgIpc) is 2.03. The van der Waals surface area contributed by atoms with Crippen LogP contribution in [0.1, 0.15) is 13.3 Å². The van der Waals surface area contributed by atoms with Crippen LogP contribution < -0.4 is 0 Å². The minimum Gasteiger partial charge on any atom is -0.377 e. The topological polar surface area (TPSA) is 9.23 Å². The maximum Gasteiger partial charge on any atom is 0.0716 e.